The van der Waals surface area contributed by atoms with Crippen molar-refractivity contribution in [2.24, 2.45) is 0 Å². The molecular formula is C13H14BrN3O. The Kier molecular flexibility index (Phi) is 3.34. The van der Waals surface area contributed by atoms with E-state index >= 15 is 0 Å². The van der Waals surface area contributed by atoms with Crippen LogP contribution in [0.3, 0.4) is 0 Å². The lowest BCUT2D eigenvalue weighted by Gasteiger charge is -2.09. The van der Waals surface area contributed by atoms with E-state index in [1.54, 1.807) is 6.20 Å². The van der Waals surface area contributed by atoms with Crippen LogP contribution in [-0.2, 0) is 19.5 Å². The fourth-order valence-corrected chi connectivity index (χ4v) is 2.74. The molecule has 0 saturated heterocycles. The molecule has 0 unspecified atom stereocenters. The van der Waals surface area contributed by atoms with E-state index in [-0.39, 0.29) is 0 Å². The summed E-state index contributed by atoms with van der Waals surface area (Å²) in [6, 6.07) is 4.25. The number of imidazole rings is 1. The average molecular weight is 308 g/mol. The molecule has 2 aromatic rings. The number of hydrogen-bond acceptors (Lipinski definition) is 3. The molecule has 0 bridgehead atoms. The maximum Gasteiger partial charge on any atom is 0.127 e. The van der Waals surface area contributed by atoms with Crippen molar-refractivity contribution in [1.82, 2.24) is 15.3 Å². The lowest BCUT2D eigenvalue weighted by Crippen LogP contribution is -2.14. The van der Waals surface area contributed by atoms with Crippen molar-refractivity contribution in [2.75, 3.05) is 6.61 Å². The molecule has 2 N–H and O–H groups in total. The normalized spacial score (nSPS) is 13.4. The highest BCUT2D eigenvalue weighted by Crippen LogP contribution is 2.32. The van der Waals surface area contributed by atoms with Gasteiger partial charge in [0.15, 0.2) is 0 Å². The molecule has 1 aliphatic rings. The van der Waals surface area contributed by atoms with Crippen LogP contribution in [0.1, 0.15) is 17.0 Å². The van der Waals surface area contributed by atoms with Gasteiger partial charge in [-0.3, -0.25) is 0 Å². The lowest BCUT2D eigenvalue weighted by molar-refractivity contribution is 0.352. The first-order valence-corrected chi connectivity index (χ1v) is 6.75. The van der Waals surface area contributed by atoms with Crippen molar-refractivity contribution in [3.8, 4) is 5.75 Å². The maximum absolute atomic E-state index is 5.69. The second kappa shape index (κ2) is 5.12. The molecule has 94 valence electrons. The van der Waals surface area contributed by atoms with E-state index in [0.717, 1.165) is 42.2 Å². The number of fused-ring (bicyclic) bond motifs is 1. The van der Waals surface area contributed by atoms with Crippen LogP contribution in [0.4, 0.5) is 0 Å². The molecule has 0 radical (unpaired) electrons. The molecule has 1 aromatic carbocycles. The van der Waals surface area contributed by atoms with Crippen molar-refractivity contribution >= 4 is 15.9 Å². The van der Waals surface area contributed by atoms with Crippen LogP contribution in [0.15, 0.2) is 29.0 Å². The van der Waals surface area contributed by atoms with Gasteiger partial charge in [-0.15, -0.1) is 0 Å². The highest BCUT2D eigenvalue weighted by Gasteiger charge is 2.17. The zero-order valence-electron chi connectivity index (χ0n) is 9.87. The number of H-pyrrole nitrogens is 1. The summed E-state index contributed by atoms with van der Waals surface area (Å²) in [5.74, 6) is 1.99. The van der Waals surface area contributed by atoms with Crippen molar-refractivity contribution in [3.05, 3.63) is 46.0 Å². The van der Waals surface area contributed by atoms with Gasteiger partial charge in [0.2, 0.25) is 0 Å². The van der Waals surface area contributed by atoms with E-state index in [9.17, 15) is 0 Å². The van der Waals surface area contributed by atoms with Crippen molar-refractivity contribution in [3.63, 3.8) is 0 Å². The van der Waals surface area contributed by atoms with Crippen LogP contribution in [0.25, 0.3) is 0 Å². The number of halogens is 1. The van der Waals surface area contributed by atoms with Gasteiger partial charge in [-0.1, -0.05) is 15.9 Å². The fourth-order valence-electron chi connectivity index (χ4n) is 2.19. The maximum atomic E-state index is 5.69. The van der Waals surface area contributed by atoms with Gasteiger partial charge in [-0.25, -0.2) is 4.98 Å². The molecule has 18 heavy (non-hydrogen) atoms. The van der Waals surface area contributed by atoms with Gasteiger partial charge in [0, 0.05) is 35.4 Å². The Labute approximate surface area is 114 Å². The average Bonchev–Trinajstić information content (AvgIpc) is 2.98. The van der Waals surface area contributed by atoms with Crippen LogP contribution in [0.2, 0.25) is 0 Å². The van der Waals surface area contributed by atoms with E-state index in [4.69, 9.17) is 4.74 Å². The zero-order chi connectivity index (χ0) is 12.4. The number of nitrogens with one attached hydrogen (secondary N) is 2. The minimum absolute atomic E-state index is 0.730. The number of rotatable bonds is 4. The molecule has 5 heteroatoms. The highest BCUT2D eigenvalue weighted by molar-refractivity contribution is 9.10. The van der Waals surface area contributed by atoms with Gasteiger partial charge in [0.25, 0.3) is 0 Å². The first kappa shape index (κ1) is 11.7. The topological polar surface area (TPSA) is 49.9 Å². The largest absolute Gasteiger partial charge is 0.493 e. The van der Waals surface area contributed by atoms with Crippen LogP contribution in [0, 0.1) is 0 Å². The second-order valence-electron chi connectivity index (χ2n) is 4.29. The summed E-state index contributed by atoms with van der Waals surface area (Å²) in [5.41, 5.74) is 2.49. The van der Waals surface area contributed by atoms with E-state index in [2.05, 4.69) is 43.3 Å². The molecule has 1 aliphatic heterocycles. The van der Waals surface area contributed by atoms with E-state index in [0.29, 0.717) is 0 Å². The molecule has 3 rings (SSSR count). The Hall–Kier alpha value is -1.33. The van der Waals surface area contributed by atoms with Crippen LogP contribution in [-0.4, -0.2) is 16.6 Å². The van der Waals surface area contributed by atoms with Gasteiger partial charge in [-0.05, 0) is 17.7 Å². The number of aromatic amines is 1. The van der Waals surface area contributed by atoms with Crippen LogP contribution < -0.4 is 10.1 Å². The number of aromatic nitrogens is 2. The highest BCUT2D eigenvalue weighted by atomic mass is 79.9. The Morgan fingerprint density at radius 3 is 3.17 bits per heavy atom. The summed E-state index contributed by atoms with van der Waals surface area (Å²) in [6.07, 6.45) is 4.59. The Morgan fingerprint density at radius 1 is 1.39 bits per heavy atom. The predicted molar refractivity (Wildman–Crippen MR) is 72.5 cm³/mol. The third-order valence-corrected chi connectivity index (χ3v) is 3.45. The second-order valence-corrected chi connectivity index (χ2v) is 5.21. The van der Waals surface area contributed by atoms with Gasteiger partial charge in [0.05, 0.1) is 13.2 Å². The Balaban J connectivity index is 1.69. The van der Waals surface area contributed by atoms with Gasteiger partial charge in [0.1, 0.15) is 11.6 Å². The molecule has 0 atom stereocenters. The molecule has 0 amide bonds. The fraction of sp³-hybridized carbons (Fsp3) is 0.308. The molecule has 0 fully saturated rings. The monoisotopic (exact) mass is 307 g/mol. The molecule has 1 aromatic heterocycles. The Morgan fingerprint density at radius 2 is 2.33 bits per heavy atom. The third kappa shape index (κ3) is 2.42. The summed E-state index contributed by atoms with van der Waals surface area (Å²) in [7, 11) is 0. The predicted octanol–water partition coefficient (Wildman–Crippen LogP) is 2.40. The molecular weight excluding hydrogens is 294 g/mol. The summed E-state index contributed by atoms with van der Waals surface area (Å²) in [6.45, 7) is 2.30. The first-order valence-electron chi connectivity index (χ1n) is 5.96. The quantitative estimate of drug-likeness (QED) is 0.912. The smallest absolute Gasteiger partial charge is 0.127 e. The SMILES string of the molecule is Brc1cc2c(c(CNCc3ncc[nH]3)c1)OCC2. The van der Waals surface area contributed by atoms with Gasteiger partial charge >= 0.3 is 0 Å². The number of ether oxygens (including phenoxy) is 1. The van der Waals surface area contributed by atoms with Crippen molar-refractivity contribution < 1.29 is 4.74 Å². The van der Waals surface area contributed by atoms with E-state index < -0.39 is 0 Å². The molecule has 0 saturated carbocycles. The minimum Gasteiger partial charge on any atom is -0.493 e. The third-order valence-electron chi connectivity index (χ3n) is 2.99. The summed E-state index contributed by atoms with van der Waals surface area (Å²) < 4.78 is 6.80. The standard InChI is InChI=1S/C13H14BrN3O/c14-11-5-9-1-4-18-13(9)10(6-11)7-15-8-12-16-2-3-17-12/h2-3,5-6,15H,1,4,7-8H2,(H,16,17). The number of hydrogen-bond donors (Lipinski definition) is 2. The minimum atomic E-state index is 0.730. The van der Waals surface area contributed by atoms with Crippen LogP contribution in [0.5, 0.6) is 5.75 Å². The molecule has 2 heterocycles. The number of benzene rings is 1. The molecule has 0 spiro atoms. The lowest BCUT2D eigenvalue weighted by atomic mass is 10.1. The number of nitrogens with zero attached hydrogens (tertiary/aromatic N) is 1. The first-order chi connectivity index (χ1) is 8.83. The van der Waals surface area contributed by atoms with E-state index in [1.807, 2.05) is 6.20 Å². The van der Waals surface area contributed by atoms with Gasteiger partial charge in [-0.2, -0.15) is 0 Å². The molecule has 4 nitrogen and oxygen atoms in total. The summed E-state index contributed by atoms with van der Waals surface area (Å²) in [4.78, 5) is 7.25. The molecule has 0 aliphatic carbocycles. The van der Waals surface area contributed by atoms with Crippen molar-refractivity contribution in [2.45, 2.75) is 19.5 Å². The summed E-state index contributed by atoms with van der Waals surface area (Å²) in [5, 5.41) is 3.37. The van der Waals surface area contributed by atoms with E-state index in [1.165, 1.54) is 11.1 Å². The Bertz CT molecular complexity index is 539. The van der Waals surface area contributed by atoms with Crippen molar-refractivity contribution in [1.29, 1.82) is 0 Å². The summed E-state index contributed by atoms with van der Waals surface area (Å²) >= 11 is 3.54. The van der Waals surface area contributed by atoms with Gasteiger partial charge < -0.3 is 15.0 Å². The van der Waals surface area contributed by atoms with Crippen LogP contribution >= 0.6 is 15.9 Å². The zero-order valence-corrected chi connectivity index (χ0v) is 11.5.